The van der Waals surface area contributed by atoms with E-state index in [2.05, 4.69) is 0 Å². The van der Waals surface area contributed by atoms with Crippen molar-refractivity contribution < 1.29 is 23.8 Å². The lowest BCUT2D eigenvalue weighted by molar-refractivity contribution is -0.123. The van der Waals surface area contributed by atoms with Crippen molar-refractivity contribution in [3.05, 3.63) is 64.6 Å². The maximum Gasteiger partial charge on any atom is 0.293 e. The zero-order valence-electron chi connectivity index (χ0n) is 15.7. The molecular weight excluding hydrogens is 378 g/mol. The lowest BCUT2D eigenvalue weighted by Gasteiger charge is -2.12. The zero-order valence-corrected chi connectivity index (χ0v) is 16.5. The van der Waals surface area contributed by atoms with Gasteiger partial charge in [-0.15, -0.1) is 0 Å². The van der Waals surface area contributed by atoms with Gasteiger partial charge in [-0.2, -0.15) is 0 Å². The van der Waals surface area contributed by atoms with Gasteiger partial charge in [0, 0.05) is 7.11 Å². The number of benzene rings is 2. The second-order valence-electron chi connectivity index (χ2n) is 6.01. The van der Waals surface area contributed by atoms with E-state index in [0.717, 1.165) is 22.9 Å². The smallest absolute Gasteiger partial charge is 0.293 e. The van der Waals surface area contributed by atoms with Crippen LogP contribution in [0.15, 0.2) is 53.4 Å². The Morgan fingerprint density at radius 1 is 1.00 bits per heavy atom. The molecule has 0 bridgehead atoms. The molecule has 0 spiro atoms. The first kappa shape index (κ1) is 20.0. The number of amides is 2. The number of imide groups is 1. The minimum atomic E-state index is -0.293. The number of ether oxygens (including phenoxy) is 3. The van der Waals surface area contributed by atoms with Crippen LogP contribution in [0.25, 0.3) is 6.08 Å². The number of thioether (sulfide) groups is 1. The van der Waals surface area contributed by atoms with Gasteiger partial charge in [-0.25, -0.2) is 0 Å². The molecule has 0 radical (unpaired) electrons. The van der Waals surface area contributed by atoms with E-state index in [-0.39, 0.29) is 17.7 Å². The molecule has 6 nitrogen and oxygen atoms in total. The van der Waals surface area contributed by atoms with Gasteiger partial charge in [0.05, 0.1) is 25.2 Å². The lowest BCUT2D eigenvalue weighted by atomic mass is 10.1. The lowest BCUT2D eigenvalue weighted by Crippen LogP contribution is -2.27. The van der Waals surface area contributed by atoms with Crippen molar-refractivity contribution in [2.75, 3.05) is 27.4 Å². The number of methoxy groups -OCH3 is 2. The van der Waals surface area contributed by atoms with Gasteiger partial charge in [0.1, 0.15) is 6.61 Å². The van der Waals surface area contributed by atoms with Crippen molar-refractivity contribution in [2.24, 2.45) is 0 Å². The Morgan fingerprint density at radius 2 is 1.79 bits per heavy atom. The predicted molar refractivity (Wildman–Crippen MR) is 108 cm³/mol. The quantitative estimate of drug-likeness (QED) is 0.495. The van der Waals surface area contributed by atoms with Gasteiger partial charge < -0.3 is 14.2 Å². The van der Waals surface area contributed by atoms with Crippen LogP contribution in [-0.4, -0.2) is 43.5 Å². The van der Waals surface area contributed by atoms with Crippen LogP contribution in [0.2, 0.25) is 0 Å². The van der Waals surface area contributed by atoms with Gasteiger partial charge in [0.15, 0.2) is 11.5 Å². The highest BCUT2D eigenvalue weighted by atomic mass is 32.2. The van der Waals surface area contributed by atoms with Gasteiger partial charge >= 0.3 is 0 Å². The number of nitrogens with zero attached hydrogens (tertiary/aromatic N) is 1. The Kier molecular flexibility index (Phi) is 6.73. The Bertz CT molecular complexity index is 882. The Morgan fingerprint density at radius 3 is 2.50 bits per heavy atom. The summed E-state index contributed by atoms with van der Waals surface area (Å²) in [5.74, 6) is 0.848. The maximum atomic E-state index is 12.7. The van der Waals surface area contributed by atoms with E-state index in [9.17, 15) is 9.59 Å². The molecule has 1 fully saturated rings. The molecule has 0 aliphatic carbocycles. The van der Waals surface area contributed by atoms with Gasteiger partial charge in [-0.3, -0.25) is 14.5 Å². The molecule has 2 aromatic rings. The molecule has 1 saturated heterocycles. The van der Waals surface area contributed by atoms with Crippen LogP contribution >= 0.6 is 11.8 Å². The van der Waals surface area contributed by atoms with Crippen LogP contribution in [0.5, 0.6) is 11.5 Å². The molecule has 1 aliphatic rings. The van der Waals surface area contributed by atoms with Crippen LogP contribution in [0.3, 0.4) is 0 Å². The summed E-state index contributed by atoms with van der Waals surface area (Å²) >= 11 is 0.940. The normalized spacial score (nSPS) is 15.4. The molecule has 1 aliphatic heterocycles. The SMILES string of the molecule is COCCOc1ccc(/C=C2\SC(=O)N(Cc3ccccc3)C2=O)cc1OC. The summed E-state index contributed by atoms with van der Waals surface area (Å²) in [6.45, 7) is 1.14. The van der Waals surface area contributed by atoms with Crippen molar-refractivity contribution in [1.29, 1.82) is 0 Å². The molecule has 3 rings (SSSR count). The molecule has 146 valence electrons. The summed E-state index contributed by atoms with van der Waals surface area (Å²) in [6.07, 6.45) is 1.69. The second kappa shape index (κ2) is 9.43. The number of carbonyl (C=O) groups excluding carboxylic acids is 2. The van der Waals surface area contributed by atoms with Crippen molar-refractivity contribution in [1.82, 2.24) is 4.90 Å². The molecule has 28 heavy (non-hydrogen) atoms. The van der Waals surface area contributed by atoms with Crippen LogP contribution in [0, 0.1) is 0 Å². The van der Waals surface area contributed by atoms with Crippen LogP contribution < -0.4 is 9.47 Å². The molecular formula is C21H21NO5S. The molecule has 2 aromatic carbocycles. The fourth-order valence-electron chi connectivity index (χ4n) is 2.68. The Balaban J connectivity index is 1.76. The Hall–Kier alpha value is -2.77. The topological polar surface area (TPSA) is 65.1 Å². The summed E-state index contributed by atoms with van der Waals surface area (Å²) < 4.78 is 15.9. The number of carbonyl (C=O) groups is 2. The standard InChI is InChI=1S/C21H21NO5S/c1-25-10-11-27-17-9-8-16(12-18(17)26-2)13-19-20(23)22(21(24)28-19)14-15-6-4-3-5-7-15/h3-9,12-13H,10-11,14H2,1-2H3/b19-13-. The summed E-state index contributed by atoms with van der Waals surface area (Å²) in [5.41, 5.74) is 1.66. The maximum absolute atomic E-state index is 12.7. The minimum absolute atomic E-state index is 0.262. The number of hydrogen-bond acceptors (Lipinski definition) is 6. The van der Waals surface area contributed by atoms with E-state index in [1.54, 1.807) is 32.4 Å². The molecule has 7 heteroatoms. The molecule has 1 heterocycles. The highest BCUT2D eigenvalue weighted by molar-refractivity contribution is 8.18. The van der Waals surface area contributed by atoms with Crippen molar-refractivity contribution >= 4 is 29.0 Å². The predicted octanol–water partition coefficient (Wildman–Crippen LogP) is 3.96. The largest absolute Gasteiger partial charge is 0.493 e. The van der Waals surface area contributed by atoms with Crippen molar-refractivity contribution in [2.45, 2.75) is 6.54 Å². The van der Waals surface area contributed by atoms with E-state index in [1.807, 2.05) is 36.4 Å². The Labute approximate surface area is 168 Å². The van der Waals surface area contributed by atoms with E-state index in [1.165, 1.54) is 4.90 Å². The molecule has 2 amide bonds. The highest BCUT2D eigenvalue weighted by Gasteiger charge is 2.34. The van der Waals surface area contributed by atoms with Gasteiger partial charge in [0.25, 0.3) is 11.1 Å². The molecule has 0 N–H and O–H groups in total. The third-order valence-corrected chi connectivity index (χ3v) is 4.99. The molecule has 0 aromatic heterocycles. The number of hydrogen-bond donors (Lipinski definition) is 0. The zero-order chi connectivity index (χ0) is 19.9. The summed E-state index contributed by atoms with van der Waals surface area (Å²) in [4.78, 5) is 26.6. The first-order chi connectivity index (χ1) is 13.6. The second-order valence-corrected chi connectivity index (χ2v) is 7.00. The number of rotatable bonds is 8. The minimum Gasteiger partial charge on any atom is -0.493 e. The fraction of sp³-hybridized carbons (Fsp3) is 0.238. The van der Waals surface area contributed by atoms with Crippen LogP contribution in [0.4, 0.5) is 4.79 Å². The van der Waals surface area contributed by atoms with E-state index in [4.69, 9.17) is 14.2 Å². The van der Waals surface area contributed by atoms with Crippen LogP contribution in [0.1, 0.15) is 11.1 Å². The van der Waals surface area contributed by atoms with Crippen molar-refractivity contribution in [3.63, 3.8) is 0 Å². The third kappa shape index (κ3) is 4.74. The molecule has 0 unspecified atom stereocenters. The summed E-state index contributed by atoms with van der Waals surface area (Å²) in [5, 5.41) is -0.272. The van der Waals surface area contributed by atoms with Gasteiger partial charge in [0.2, 0.25) is 0 Å². The van der Waals surface area contributed by atoms with E-state index < -0.39 is 0 Å². The monoisotopic (exact) mass is 399 g/mol. The molecule has 0 atom stereocenters. The van der Waals surface area contributed by atoms with E-state index in [0.29, 0.717) is 29.6 Å². The van der Waals surface area contributed by atoms with Gasteiger partial charge in [-0.05, 0) is 41.1 Å². The highest BCUT2D eigenvalue weighted by Crippen LogP contribution is 2.35. The first-order valence-corrected chi connectivity index (χ1v) is 9.53. The van der Waals surface area contributed by atoms with Crippen molar-refractivity contribution in [3.8, 4) is 11.5 Å². The summed E-state index contributed by atoms with van der Waals surface area (Å²) in [6, 6.07) is 14.8. The van der Waals surface area contributed by atoms with Crippen LogP contribution in [-0.2, 0) is 16.1 Å². The first-order valence-electron chi connectivity index (χ1n) is 8.71. The third-order valence-electron chi connectivity index (χ3n) is 4.09. The average Bonchev–Trinajstić information content (AvgIpc) is 2.97. The fourth-order valence-corrected chi connectivity index (χ4v) is 3.52. The summed E-state index contributed by atoms with van der Waals surface area (Å²) in [7, 11) is 3.16. The van der Waals surface area contributed by atoms with E-state index >= 15 is 0 Å². The van der Waals surface area contributed by atoms with Gasteiger partial charge in [-0.1, -0.05) is 36.4 Å². The average molecular weight is 399 g/mol. The molecule has 0 saturated carbocycles.